The highest BCUT2D eigenvalue weighted by atomic mass is 32.1. The first-order valence-electron chi connectivity index (χ1n) is 7.30. The minimum absolute atomic E-state index is 0.574. The van der Waals surface area contributed by atoms with Crippen LogP contribution >= 0.6 is 11.3 Å². The van der Waals surface area contributed by atoms with Crippen molar-refractivity contribution in [3.05, 3.63) is 21.9 Å². The van der Waals surface area contributed by atoms with E-state index in [-0.39, 0.29) is 0 Å². The average molecular weight is 296 g/mol. The highest BCUT2D eigenvalue weighted by Crippen LogP contribution is 2.15. The standard InChI is InChI=1S/C15H28N4S/c1-6-16-15(17-9-10-19(5)12(2)3)18-11-14-8-7-13(4)20-14/h7-8,12H,6,9-11H2,1-5H3,(H2,16,17,18). The number of hydrogen-bond acceptors (Lipinski definition) is 3. The highest BCUT2D eigenvalue weighted by molar-refractivity contribution is 7.11. The van der Waals surface area contributed by atoms with Crippen molar-refractivity contribution in [3.8, 4) is 0 Å². The SMILES string of the molecule is CCNC(=NCc1ccc(C)s1)NCCN(C)C(C)C. The zero-order valence-corrected chi connectivity index (χ0v) is 14.2. The molecule has 0 aliphatic carbocycles. The Labute approximate surface area is 127 Å². The first kappa shape index (κ1) is 17.0. The van der Waals surface area contributed by atoms with Crippen LogP contribution in [0.3, 0.4) is 0 Å². The summed E-state index contributed by atoms with van der Waals surface area (Å²) in [4.78, 5) is 9.59. The zero-order chi connectivity index (χ0) is 15.0. The van der Waals surface area contributed by atoms with Crippen molar-refractivity contribution >= 4 is 17.3 Å². The van der Waals surface area contributed by atoms with Crippen LogP contribution in [-0.4, -0.2) is 43.6 Å². The Morgan fingerprint density at radius 2 is 2.10 bits per heavy atom. The van der Waals surface area contributed by atoms with E-state index in [9.17, 15) is 0 Å². The molecule has 0 radical (unpaired) electrons. The smallest absolute Gasteiger partial charge is 0.191 e. The maximum atomic E-state index is 4.63. The van der Waals surface area contributed by atoms with Gasteiger partial charge in [0.2, 0.25) is 0 Å². The van der Waals surface area contributed by atoms with Gasteiger partial charge in [0.15, 0.2) is 5.96 Å². The Balaban J connectivity index is 2.42. The topological polar surface area (TPSA) is 39.7 Å². The van der Waals surface area contributed by atoms with E-state index in [0.717, 1.165) is 32.1 Å². The molecule has 0 aromatic carbocycles. The number of likely N-dealkylation sites (N-methyl/N-ethyl adjacent to an activating group) is 1. The molecule has 114 valence electrons. The third-order valence-corrected chi connectivity index (χ3v) is 4.16. The summed E-state index contributed by atoms with van der Waals surface area (Å²) in [6.07, 6.45) is 0. The van der Waals surface area contributed by atoms with Crippen molar-refractivity contribution < 1.29 is 0 Å². The highest BCUT2D eigenvalue weighted by Gasteiger charge is 2.03. The van der Waals surface area contributed by atoms with E-state index in [1.54, 1.807) is 0 Å². The molecule has 0 amide bonds. The molecule has 0 bridgehead atoms. The molecule has 0 aliphatic rings. The summed E-state index contributed by atoms with van der Waals surface area (Å²) < 4.78 is 0. The van der Waals surface area contributed by atoms with E-state index in [2.05, 4.69) is 67.4 Å². The molecular weight excluding hydrogens is 268 g/mol. The summed E-state index contributed by atoms with van der Waals surface area (Å²) in [5, 5.41) is 6.67. The molecule has 0 aliphatic heterocycles. The summed E-state index contributed by atoms with van der Waals surface area (Å²) in [7, 11) is 2.14. The number of aliphatic imine (C=N–C) groups is 1. The third-order valence-electron chi connectivity index (χ3n) is 3.17. The fourth-order valence-corrected chi connectivity index (χ4v) is 2.49. The van der Waals surface area contributed by atoms with Crippen LogP contribution in [0, 0.1) is 6.92 Å². The Morgan fingerprint density at radius 1 is 1.35 bits per heavy atom. The molecule has 20 heavy (non-hydrogen) atoms. The number of nitrogens with one attached hydrogen (secondary N) is 2. The monoisotopic (exact) mass is 296 g/mol. The van der Waals surface area contributed by atoms with E-state index in [4.69, 9.17) is 0 Å². The lowest BCUT2D eigenvalue weighted by molar-refractivity contribution is 0.278. The molecule has 1 aromatic rings. The second-order valence-electron chi connectivity index (χ2n) is 5.21. The normalized spacial score (nSPS) is 12.2. The fraction of sp³-hybridized carbons (Fsp3) is 0.667. The van der Waals surface area contributed by atoms with Gasteiger partial charge < -0.3 is 15.5 Å². The Hall–Kier alpha value is -1.07. The van der Waals surface area contributed by atoms with Crippen LogP contribution in [0.25, 0.3) is 0 Å². The number of hydrogen-bond donors (Lipinski definition) is 2. The van der Waals surface area contributed by atoms with Crippen molar-refractivity contribution in [1.82, 2.24) is 15.5 Å². The summed E-state index contributed by atoms with van der Waals surface area (Å²) in [6, 6.07) is 4.87. The average Bonchev–Trinajstić information content (AvgIpc) is 2.81. The summed E-state index contributed by atoms with van der Waals surface area (Å²) in [6.45, 7) is 12.2. The lowest BCUT2D eigenvalue weighted by Crippen LogP contribution is -2.42. The molecular formula is C15H28N4S. The molecule has 4 nitrogen and oxygen atoms in total. The summed E-state index contributed by atoms with van der Waals surface area (Å²) in [5.74, 6) is 0.899. The van der Waals surface area contributed by atoms with E-state index in [0.29, 0.717) is 6.04 Å². The molecule has 0 saturated heterocycles. The first-order valence-corrected chi connectivity index (χ1v) is 8.12. The van der Waals surface area contributed by atoms with Crippen LogP contribution in [0.4, 0.5) is 0 Å². The van der Waals surface area contributed by atoms with Crippen molar-refractivity contribution in [2.75, 3.05) is 26.7 Å². The van der Waals surface area contributed by atoms with Crippen molar-refractivity contribution in [3.63, 3.8) is 0 Å². The van der Waals surface area contributed by atoms with E-state index < -0.39 is 0 Å². The number of thiophene rings is 1. The van der Waals surface area contributed by atoms with Gasteiger partial charge in [0.1, 0.15) is 0 Å². The molecule has 1 heterocycles. The Bertz CT molecular complexity index is 412. The van der Waals surface area contributed by atoms with Gasteiger partial charge in [-0.2, -0.15) is 0 Å². The molecule has 2 N–H and O–H groups in total. The van der Waals surface area contributed by atoms with Gasteiger partial charge in [-0.15, -0.1) is 11.3 Å². The van der Waals surface area contributed by atoms with Gasteiger partial charge in [0, 0.05) is 35.4 Å². The summed E-state index contributed by atoms with van der Waals surface area (Å²) >= 11 is 1.81. The second kappa shape index (κ2) is 8.97. The number of aryl methyl sites for hydroxylation is 1. The predicted molar refractivity (Wildman–Crippen MR) is 89.6 cm³/mol. The molecule has 5 heteroatoms. The van der Waals surface area contributed by atoms with Crippen LogP contribution in [0.2, 0.25) is 0 Å². The molecule has 1 rings (SSSR count). The Kier molecular flexibility index (Phi) is 7.62. The van der Waals surface area contributed by atoms with Crippen LogP contribution in [0.5, 0.6) is 0 Å². The minimum Gasteiger partial charge on any atom is -0.357 e. The largest absolute Gasteiger partial charge is 0.357 e. The lowest BCUT2D eigenvalue weighted by atomic mass is 10.3. The molecule has 1 aromatic heterocycles. The van der Waals surface area contributed by atoms with Gasteiger partial charge in [-0.05, 0) is 46.9 Å². The van der Waals surface area contributed by atoms with Crippen LogP contribution in [-0.2, 0) is 6.54 Å². The van der Waals surface area contributed by atoms with Gasteiger partial charge in [0.05, 0.1) is 6.54 Å². The van der Waals surface area contributed by atoms with Crippen molar-refractivity contribution in [2.45, 2.75) is 40.3 Å². The molecule has 0 fully saturated rings. The zero-order valence-electron chi connectivity index (χ0n) is 13.4. The quantitative estimate of drug-likeness (QED) is 0.600. The van der Waals surface area contributed by atoms with Crippen LogP contribution < -0.4 is 10.6 Å². The second-order valence-corrected chi connectivity index (χ2v) is 6.58. The number of rotatable bonds is 7. The minimum atomic E-state index is 0.574. The Morgan fingerprint density at radius 3 is 2.65 bits per heavy atom. The van der Waals surface area contributed by atoms with Gasteiger partial charge in [-0.25, -0.2) is 4.99 Å². The van der Waals surface area contributed by atoms with E-state index in [1.807, 2.05) is 11.3 Å². The van der Waals surface area contributed by atoms with Crippen molar-refractivity contribution in [2.24, 2.45) is 4.99 Å². The third kappa shape index (κ3) is 6.39. The van der Waals surface area contributed by atoms with Gasteiger partial charge in [0.25, 0.3) is 0 Å². The van der Waals surface area contributed by atoms with Crippen molar-refractivity contribution in [1.29, 1.82) is 0 Å². The number of nitrogens with zero attached hydrogens (tertiary/aromatic N) is 2. The first-order chi connectivity index (χ1) is 9.52. The van der Waals surface area contributed by atoms with Crippen LogP contribution in [0.15, 0.2) is 17.1 Å². The summed E-state index contributed by atoms with van der Waals surface area (Å²) in [5.41, 5.74) is 0. The van der Waals surface area contributed by atoms with Gasteiger partial charge >= 0.3 is 0 Å². The van der Waals surface area contributed by atoms with Crippen LogP contribution in [0.1, 0.15) is 30.5 Å². The molecule has 0 unspecified atom stereocenters. The van der Waals surface area contributed by atoms with Gasteiger partial charge in [-0.1, -0.05) is 0 Å². The molecule has 0 atom stereocenters. The maximum absolute atomic E-state index is 4.63. The lowest BCUT2D eigenvalue weighted by Gasteiger charge is -2.21. The van der Waals surface area contributed by atoms with Gasteiger partial charge in [-0.3, -0.25) is 0 Å². The van der Waals surface area contributed by atoms with E-state index in [1.165, 1.54) is 9.75 Å². The number of guanidine groups is 1. The maximum Gasteiger partial charge on any atom is 0.191 e. The molecule has 0 saturated carbocycles. The predicted octanol–water partition coefficient (Wildman–Crippen LogP) is 2.45. The fourth-order valence-electron chi connectivity index (χ4n) is 1.68. The van der Waals surface area contributed by atoms with E-state index >= 15 is 0 Å². The molecule has 0 spiro atoms.